The Morgan fingerprint density at radius 2 is 1.64 bits per heavy atom. The van der Waals surface area contributed by atoms with Crippen LogP contribution in [0.1, 0.15) is 0 Å². The van der Waals surface area contributed by atoms with Gasteiger partial charge in [-0.1, -0.05) is 72.8 Å². The number of pyridine rings is 1. The smallest absolute Gasteiger partial charge is 0.0801 e. The molecule has 0 unspecified atom stereocenters. The molecule has 0 fully saturated rings. The van der Waals surface area contributed by atoms with Crippen LogP contribution in [-0.2, 0) is 0 Å². The van der Waals surface area contributed by atoms with E-state index in [1.54, 1.807) is 0 Å². The Balaban J connectivity index is 1.62. The monoisotopic (exact) mass is 423 g/mol. The van der Waals surface area contributed by atoms with E-state index in [-0.39, 0.29) is 0 Å². The van der Waals surface area contributed by atoms with E-state index >= 15 is 0 Å². The lowest BCUT2D eigenvalue weighted by atomic mass is 10.0. The third-order valence-electron chi connectivity index (χ3n) is 6.65. The molecule has 3 heterocycles. The van der Waals surface area contributed by atoms with E-state index in [1.165, 1.54) is 43.4 Å². The summed E-state index contributed by atoms with van der Waals surface area (Å²) in [6, 6.07) is 32.4. The minimum Gasteiger partial charge on any atom is -0.386 e. The Hall–Kier alpha value is -4.37. The van der Waals surface area contributed by atoms with Gasteiger partial charge in [-0.15, -0.1) is 0 Å². The predicted octanol–water partition coefficient (Wildman–Crippen LogP) is 5.12. The highest BCUT2D eigenvalue weighted by Crippen LogP contribution is 2.31. The topological polar surface area (TPSA) is 29.9 Å². The molecule has 0 radical (unpaired) electrons. The summed E-state index contributed by atoms with van der Waals surface area (Å²) in [7, 11) is 0. The second-order valence-electron chi connectivity index (χ2n) is 8.50. The highest BCUT2D eigenvalue weighted by Gasteiger charge is 2.16. The van der Waals surface area contributed by atoms with E-state index in [1.807, 2.05) is 12.3 Å². The van der Waals surface area contributed by atoms with E-state index in [4.69, 9.17) is 4.98 Å². The quantitative estimate of drug-likeness (QED) is 0.392. The molecule has 3 heteroatoms. The molecule has 6 aromatic rings. The van der Waals surface area contributed by atoms with Crippen molar-refractivity contribution >= 4 is 44.9 Å². The Morgan fingerprint density at radius 3 is 2.58 bits per heavy atom. The molecule has 0 bridgehead atoms. The molecule has 0 spiro atoms. The number of hydrogen-bond donors (Lipinski definition) is 1. The lowest BCUT2D eigenvalue weighted by molar-refractivity contribution is 0.999. The molecular formula is C30H21N3. The first-order valence-electron chi connectivity index (χ1n) is 11.3. The molecule has 7 rings (SSSR count). The lowest BCUT2D eigenvalue weighted by Crippen LogP contribution is -2.35. The van der Waals surface area contributed by atoms with Crippen LogP contribution in [0.3, 0.4) is 0 Å². The summed E-state index contributed by atoms with van der Waals surface area (Å²) in [6.45, 7) is 0.835. The van der Waals surface area contributed by atoms with Gasteiger partial charge in [0, 0.05) is 40.3 Å². The first kappa shape index (κ1) is 18.2. The molecule has 1 aliphatic rings. The second kappa shape index (κ2) is 7.07. The zero-order valence-corrected chi connectivity index (χ0v) is 18.0. The maximum Gasteiger partial charge on any atom is 0.0801 e. The molecule has 2 aromatic heterocycles. The van der Waals surface area contributed by atoms with Gasteiger partial charge in [0.25, 0.3) is 0 Å². The van der Waals surface area contributed by atoms with Crippen LogP contribution in [0.25, 0.3) is 61.7 Å². The summed E-state index contributed by atoms with van der Waals surface area (Å²) in [6.07, 6.45) is 6.33. The normalized spacial score (nSPS) is 12.8. The van der Waals surface area contributed by atoms with Gasteiger partial charge in [-0.05, 0) is 40.8 Å². The van der Waals surface area contributed by atoms with Crippen LogP contribution in [0, 0.1) is 0 Å². The zero-order chi connectivity index (χ0) is 21.8. The van der Waals surface area contributed by atoms with Gasteiger partial charge < -0.3 is 9.88 Å². The molecule has 33 heavy (non-hydrogen) atoms. The number of fused-ring (bicyclic) bond motifs is 6. The van der Waals surface area contributed by atoms with Crippen LogP contribution in [0.2, 0.25) is 0 Å². The van der Waals surface area contributed by atoms with E-state index in [0.29, 0.717) is 0 Å². The maximum atomic E-state index is 4.78. The fraction of sp³-hybridized carbons (Fsp3) is 0.0333. The summed E-state index contributed by atoms with van der Waals surface area (Å²) < 4.78 is 2.39. The van der Waals surface area contributed by atoms with Crippen molar-refractivity contribution in [3.05, 3.63) is 108 Å². The molecule has 0 amide bonds. The Bertz CT molecular complexity index is 1810. The van der Waals surface area contributed by atoms with Crippen molar-refractivity contribution in [2.75, 3.05) is 6.54 Å². The number of benzene rings is 4. The molecule has 4 aromatic carbocycles. The second-order valence-corrected chi connectivity index (χ2v) is 8.50. The summed E-state index contributed by atoms with van der Waals surface area (Å²) in [5.41, 5.74) is 5.87. The summed E-state index contributed by atoms with van der Waals surface area (Å²) >= 11 is 0. The fourth-order valence-corrected chi connectivity index (χ4v) is 5.16. The largest absolute Gasteiger partial charge is 0.386 e. The molecule has 1 N–H and O–H groups in total. The standard InChI is InChI=1S/C30H21N3/c1-2-6-20(7-3-1)23-13-14-26-25(18-23)24-15-17-31-19-28(24)33(26)27-10-4-8-21-11-12-22-9-5-16-32-30(22)29(21)27/h1-16,18-19,31H,17H2. The Morgan fingerprint density at radius 1 is 0.758 bits per heavy atom. The van der Waals surface area contributed by atoms with E-state index < -0.39 is 0 Å². The summed E-state index contributed by atoms with van der Waals surface area (Å²) in [5.74, 6) is 0. The molecular weight excluding hydrogens is 402 g/mol. The Kier molecular flexibility index (Phi) is 3.91. The van der Waals surface area contributed by atoms with Gasteiger partial charge in [0.15, 0.2) is 0 Å². The van der Waals surface area contributed by atoms with Crippen LogP contribution < -0.4 is 15.9 Å². The molecule has 0 aliphatic carbocycles. The van der Waals surface area contributed by atoms with Crippen LogP contribution in [0.5, 0.6) is 0 Å². The van der Waals surface area contributed by atoms with Gasteiger partial charge in [0.1, 0.15) is 0 Å². The minimum absolute atomic E-state index is 0.835. The predicted molar refractivity (Wildman–Crippen MR) is 138 cm³/mol. The van der Waals surface area contributed by atoms with Gasteiger partial charge in [-0.25, -0.2) is 0 Å². The number of hydrogen-bond acceptors (Lipinski definition) is 2. The zero-order valence-electron chi connectivity index (χ0n) is 18.0. The number of aromatic nitrogens is 2. The highest BCUT2D eigenvalue weighted by atomic mass is 15.0. The molecule has 0 saturated carbocycles. The maximum absolute atomic E-state index is 4.78. The van der Waals surface area contributed by atoms with Crippen molar-refractivity contribution in [2.24, 2.45) is 0 Å². The van der Waals surface area contributed by atoms with Crippen LogP contribution >= 0.6 is 0 Å². The van der Waals surface area contributed by atoms with Crippen molar-refractivity contribution < 1.29 is 0 Å². The van der Waals surface area contributed by atoms with E-state index in [2.05, 4.69) is 107 Å². The van der Waals surface area contributed by atoms with Gasteiger partial charge >= 0.3 is 0 Å². The van der Waals surface area contributed by atoms with Gasteiger partial charge in [-0.2, -0.15) is 0 Å². The van der Waals surface area contributed by atoms with Gasteiger partial charge in [0.05, 0.1) is 22.1 Å². The van der Waals surface area contributed by atoms with Crippen LogP contribution in [0.4, 0.5) is 0 Å². The number of nitrogens with zero attached hydrogens (tertiary/aromatic N) is 2. The van der Waals surface area contributed by atoms with E-state index in [0.717, 1.165) is 23.1 Å². The summed E-state index contributed by atoms with van der Waals surface area (Å²) in [5, 5.41) is 10.7. The first-order valence-corrected chi connectivity index (χ1v) is 11.3. The SMILES string of the molecule is C1=c2c(n(-c3cccc4ccc5cccnc5c34)c3ccc(-c4ccccc4)cc23)=CNC1. The lowest BCUT2D eigenvalue weighted by Gasteiger charge is -2.13. The minimum atomic E-state index is 0.835. The van der Waals surface area contributed by atoms with Crippen molar-refractivity contribution in [2.45, 2.75) is 0 Å². The third-order valence-corrected chi connectivity index (χ3v) is 6.65. The van der Waals surface area contributed by atoms with E-state index in [9.17, 15) is 0 Å². The van der Waals surface area contributed by atoms with Crippen LogP contribution in [0.15, 0.2) is 97.2 Å². The fourth-order valence-electron chi connectivity index (χ4n) is 5.16. The van der Waals surface area contributed by atoms with Crippen molar-refractivity contribution in [3.63, 3.8) is 0 Å². The van der Waals surface area contributed by atoms with Crippen molar-refractivity contribution in [3.8, 4) is 16.8 Å². The number of nitrogens with one attached hydrogen (secondary N) is 1. The summed E-state index contributed by atoms with van der Waals surface area (Å²) in [4.78, 5) is 4.78. The van der Waals surface area contributed by atoms with Crippen LogP contribution in [-0.4, -0.2) is 16.1 Å². The first-order chi connectivity index (χ1) is 16.4. The number of rotatable bonds is 2. The average molecular weight is 424 g/mol. The van der Waals surface area contributed by atoms with Gasteiger partial charge in [-0.3, -0.25) is 4.98 Å². The highest BCUT2D eigenvalue weighted by molar-refractivity contribution is 6.10. The molecule has 3 nitrogen and oxygen atoms in total. The van der Waals surface area contributed by atoms with Gasteiger partial charge in [0.2, 0.25) is 0 Å². The molecule has 156 valence electrons. The molecule has 0 atom stereocenters. The molecule has 1 aliphatic heterocycles. The van der Waals surface area contributed by atoms with Crippen molar-refractivity contribution in [1.29, 1.82) is 0 Å². The average Bonchev–Trinajstić information content (AvgIpc) is 3.22. The third kappa shape index (κ3) is 2.72. The van der Waals surface area contributed by atoms with Crippen molar-refractivity contribution in [1.82, 2.24) is 14.9 Å². The molecule has 0 saturated heterocycles. The Labute approximate surface area is 190 Å².